The van der Waals surface area contributed by atoms with Crippen LogP contribution in [0.4, 0.5) is 11.4 Å². The van der Waals surface area contributed by atoms with E-state index in [-0.39, 0.29) is 36.0 Å². The third-order valence-corrected chi connectivity index (χ3v) is 4.12. The van der Waals surface area contributed by atoms with Gasteiger partial charge >= 0.3 is 5.97 Å². The largest absolute Gasteiger partial charge is 0.494 e. The summed E-state index contributed by atoms with van der Waals surface area (Å²) >= 11 is 1.39. The highest BCUT2D eigenvalue weighted by Crippen LogP contribution is 2.28. The zero-order valence-corrected chi connectivity index (χ0v) is 15.6. The van der Waals surface area contributed by atoms with Gasteiger partial charge in [-0.3, -0.25) is 24.5 Å². The van der Waals surface area contributed by atoms with Crippen molar-refractivity contribution in [1.29, 1.82) is 0 Å². The molecule has 1 aromatic carbocycles. The Morgan fingerprint density at radius 2 is 2.04 bits per heavy atom. The van der Waals surface area contributed by atoms with Crippen LogP contribution in [-0.2, 0) is 14.3 Å². The van der Waals surface area contributed by atoms with E-state index < -0.39 is 23.4 Å². The van der Waals surface area contributed by atoms with Crippen LogP contribution in [0.3, 0.4) is 0 Å². The number of anilines is 1. The van der Waals surface area contributed by atoms with Gasteiger partial charge in [0.25, 0.3) is 17.5 Å². The molecule has 1 heterocycles. The number of methoxy groups -OCH3 is 1. The third kappa shape index (κ3) is 6.06. The first-order chi connectivity index (χ1) is 13.4. The lowest BCUT2D eigenvalue weighted by Crippen LogP contribution is -2.27. The van der Waals surface area contributed by atoms with Crippen molar-refractivity contribution in [2.75, 3.05) is 25.6 Å². The van der Waals surface area contributed by atoms with Gasteiger partial charge in [-0.2, -0.15) is 11.3 Å². The van der Waals surface area contributed by atoms with E-state index in [2.05, 4.69) is 10.6 Å². The first kappa shape index (κ1) is 20.8. The third-order valence-electron chi connectivity index (χ3n) is 3.43. The zero-order valence-electron chi connectivity index (χ0n) is 14.8. The van der Waals surface area contributed by atoms with Gasteiger partial charge in [0, 0.05) is 23.6 Å². The molecule has 0 aliphatic carbocycles. The number of thiophene rings is 1. The van der Waals surface area contributed by atoms with Crippen molar-refractivity contribution in [3.63, 3.8) is 0 Å². The fourth-order valence-corrected chi connectivity index (χ4v) is 2.71. The van der Waals surface area contributed by atoms with E-state index in [9.17, 15) is 24.5 Å². The number of carbonyl (C=O) groups excluding carboxylic acids is 3. The molecular weight excluding hydrogens is 390 g/mol. The smallest absolute Gasteiger partial charge is 0.308 e. The molecule has 0 unspecified atom stereocenters. The number of hydrogen-bond donors (Lipinski definition) is 2. The first-order valence-electron chi connectivity index (χ1n) is 7.99. The van der Waals surface area contributed by atoms with Gasteiger partial charge in [0.2, 0.25) is 0 Å². The Bertz CT molecular complexity index is 868. The molecule has 10 nitrogen and oxygen atoms in total. The summed E-state index contributed by atoms with van der Waals surface area (Å²) in [6.07, 6.45) is -0.0932. The van der Waals surface area contributed by atoms with Gasteiger partial charge in [0.1, 0.15) is 5.75 Å². The number of nitro benzene ring substituents is 1. The molecule has 0 atom stereocenters. The number of rotatable bonds is 9. The molecule has 0 bridgehead atoms. The Hall–Kier alpha value is -3.47. The first-order valence-corrected chi connectivity index (χ1v) is 8.93. The number of amides is 2. The minimum absolute atomic E-state index is 0.0747. The van der Waals surface area contributed by atoms with Crippen molar-refractivity contribution in [1.82, 2.24) is 5.32 Å². The second-order valence-electron chi connectivity index (χ2n) is 5.37. The van der Waals surface area contributed by atoms with Crippen molar-refractivity contribution in [2.45, 2.75) is 6.42 Å². The molecule has 0 saturated heterocycles. The molecule has 28 heavy (non-hydrogen) atoms. The summed E-state index contributed by atoms with van der Waals surface area (Å²) in [6.45, 7) is -0.469. The second kappa shape index (κ2) is 10.0. The van der Waals surface area contributed by atoms with Crippen molar-refractivity contribution >= 4 is 40.5 Å². The summed E-state index contributed by atoms with van der Waals surface area (Å²) in [4.78, 5) is 45.4. The standard InChI is InChI=1S/C17H17N3O7S/c1-26-14-8-12(20(24)25)2-3-13(14)19-15(21)9-27-16(22)4-6-18-17(23)11-5-7-28-10-11/h2-3,5,7-8,10H,4,6,9H2,1H3,(H,18,23)(H,19,21). The Morgan fingerprint density at radius 1 is 1.25 bits per heavy atom. The highest BCUT2D eigenvalue weighted by molar-refractivity contribution is 7.08. The monoisotopic (exact) mass is 407 g/mol. The molecule has 0 saturated carbocycles. The second-order valence-corrected chi connectivity index (χ2v) is 6.15. The van der Waals surface area contributed by atoms with E-state index in [4.69, 9.17) is 9.47 Å². The summed E-state index contributed by atoms with van der Waals surface area (Å²) in [6, 6.07) is 5.35. The van der Waals surface area contributed by atoms with Crippen LogP contribution < -0.4 is 15.4 Å². The number of ether oxygens (including phenoxy) is 2. The van der Waals surface area contributed by atoms with E-state index in [0.717, 1.165) is 6.07 Å². The van der Waals surface area contributed by atoms with Gasteiger partial charge in [-0.05, 0) is 17.5 Å². The quantitative estimate of drug-likeness (QED) is 0.368. The summed E-state index contributed by atoms with van der Waals surface area (Å²) in [5, 5.41) is 19.2. The van der Waals surface area contributed by atoms with Gasteiger partial charge in [0.05, 0.1) is 30.2 Å². The van der Waals surface area contributed by atoms with Crippen LogP contribution in [0.15, 0.2) is 35.0 Å². The number of nitro groups is 1. The lowest BCUT2D eigenvalue weighted by molar-refractivity contribution is -0.384. The molecule has 0 radical (unpaired) electrons. The van der Waals surface area contributed by atoms with E-state index >= 15 is 0 Å². The average Bonchev–Trinajstić information content (AvgIpc) is 3.21. The van der Waals surface area contributed by atoms with Crippen LogP contribution in [0.5, 0.6) is 5.75 Å². The van der Waals surface area contributed by atoms with Gasteiger partial charge in [-0.25, -0.2) is 0 Å². The van der Waals surface area contributed by atoms with Crippen molar-refractivity contribution in [3.05, 3.63) is 50.7 Å². The highest BCUT2D eigenvalue weighted by Gasteiger charge is 2.15. The summed E-state index contributed by atoms with van der Waals surface area (Å²) < 4.78 is 9.84. The normalized spacial score (nSPS) is 10.0. The molecule has 2 N–H and O–H groups in total. The molecule has 0 aliphatic heterocycles. The number of nitrogens with one attached hydrogen (secondary N) is 2. The summed E-state index contributed by atoms with van der Waals surface area (Å²) in [7, 11) is 1.30. The minimum atomic E-state index is -0.656. The van der Waals surface area contributed by atoms with E-state index in [0.29, 0.717) is 5.56 Å². The number of esters is 1. The Morgan fingerprint density at radius 3 is 2.68 bits per heavy atom. The SMILES string of the molecule is COc1cc([N+](=O)[O-])ccc1NC(=O)COC(=O)CCNC(=O)c1ccsc1. The number of nitrogens with zero attached hydrogens (tertiary/aromatic N) is 1. The molecule has 2 amide bonds. The lowest BCUT2D eigenvalue weighted by atomic mass is 10.2. The molecule has 0 spiro atoms. The van der Waals surface area contributed by atoms with Crippen molar-refractivity contribution in [2.24, 2.45) is 0 Å². The maximum Gasteiger partial charge on any atom is 0.308 e. The van der Waals surface area contributed by atoms with Crippen molar-refractivity contribution in [3.8, 4) is 5.75 Å². The zero-order chi connectivity index (χ0) is 20.5. The molecule has 2 aromatic rings. The maximum absolute atomic E-state index is 11.9. The number of benzene rings is 1. The number of carbonyl (C=O) groups is 3. The van der Waals surface area contributed by atoms with Crippen LogP contribution in [0.2, 0.25) is 0 Å². The van der Waals surface area contributed by atoms with Gasteiger partial charge in [-0.1, -0.05) is 0 Å². The Kier molecular flexibility index (Phi) is 7.45. The Balaban J connectivity index is 1.75. The average molecular weight is 407 g/mol. The predicted octanol–water partition coefficient (Wildman–Crippen LogP) is 1.97. The molecular formula is C17H17N3O7S. The number of non-ortho nitro benzene ring substituents is 1. The molecule has 11 heteroatoms. The molecule has 148 valence electrons. The van der Waals surface area contributed by atoms with Gasteiger partial charge in [0.15, 0.2) is 6.61 Å². The van der Waals surface area contributed by atoms with Crippen LogP contribution >= 0.6 is 11.3 Å². The number of hydrogen-bond acceptors (Lipinski definition) is 8. The van der Waals surface area contributed by atoms with E-state index in [1.54, 1.807) is 16.8 Å². The van der Waals surface area contributed by atoms with Gasteiger partial charge in [-0.15, -0.1) is 0 Å². The topological polar surface area (TPSA) is 137 Å². The molecule has 0 fully saturated rings. The van der Waals surface area contributed by atoms with Crippen LogP contribution in [-0.4, -0.2) is 43.0 Å². The maximum atomic E-state index is 11.9. The molecule has 1 aromatic heterocycles. The fraction of sp³-hybridized carbons (Fsp3) is 0.235. The molecule has 0 aliphatic rings. The van der Waals surface area contributed by atoms with Crippen LogP contribution in [0.25, 0.3) is 0 Å². The summed E-state index contributed by atoms with van der Waals surface area (Å²) in [5.74, 6) is -1.48. The van der Waals surface area contributed by atoms with E-state index in [1.165, 1.54) is 30.6 Å². The van der Waals surface area contributed by atoms with Crippen LogP contribution in [0.1, 0.15) is 16.8 Å². The Labute approximate surface area is 163 Å². The van der Waals surface area contributed by atoms with Crippen LogP contribution in [0, 0.1) is 10.1 Å². The molecule has 2 rings (SSSR count). The van der Waals surface area contributed by atoms with Gasteiger partial charge < -0.3 is 20.1 Å². The predicted molar refractivity (Wildman–Crippen MR) is 101 cm³/mol. The minimum Gasteiger partial charge on any atom is -0.494 e. The summed E-state index contributed by atoms with van der Waals surface area (Å²) in [5.41, 5.74) is 0.526. The van der Waals surface area contributed by atoms with E-state index in [1.807, 2.05) is 0 Å². The van der Waals surface area contributed by atoms with Crippen molar-refractivity contribution < 1.29 is 28.8 Å². The lowest BCUT2D eigenvalue weighted by Gasteiger charge is -2.10. The fourth-order valence-electron chi connectivity index (χ4n) is 2.08. The highest BCUT2D eigenvalue weighted by atomic mass is 32.1.